The summed E-state index contributed by atoms with van der Waals surface area (Å²) < 4.78 is 4.86. The lowest BCUT2D eigenvalue weighted by Gasteiger charge is -2.08. The summed E-state index contributed by atoms with van der Waals surface area (Å²) in [5, 5.41) is 13.3. The second-order valence-corrected chi connectivity index (χ2v) is 3.87. The highest BCUT2D eigenvalue weighted by Gasteiger charge is 2.16. The molecule has 0 heterocycles. The quantitative estimate of drug-likeness (QED) is 0.607. The predicted octanol–water partition coefficient (Wildman–Crippen LogP) is 1.28. The van der Waals surface area contributed by atoms with Crippen molar-refractivity contribution in [2.75, 3.05) is 12.4 Å². The average molecular weight is 253 g/mol. The van der Waals surface area contributed by atoms with E-state index in [4.69, 9.17) is 10.5 Å². The first-order valence-corrected chi connectivity index (χ1v) is 5.32. The van der Waals surface area contributed by atoms with Gasteiger partial charge in [0.1, 0.15) is 0 Å². The van der Waals surface area contributed by atoms with Crippen LogP contribution >= 0.6 is 0 Å². The van der Waals surface area contributed by atoms with Gasteiger partial charge in [0.05, 0.1) is 12.0 Å². The minimum atomic E-state index is -0.569. The maximum absolute atomic E-state index is 11.5. The van der Waals surface area contributed by atoms with E-state index in [2.05, 4.69) is 5.32 Å². The molecule has 0 aliphatic heterocycles. The number of ether oxygens (including phenoxy) is 1. The molecule has 0 radical (unpaired) electrons. The third kappa shape index (κ3) is 3.70. The number of nitro groups is 1. The van der Waals surface area contributed by atoms with Crippen molar-refractivity contribution in [3.8, 4) is 5.75 Å². The Kier molecular flexibility index (Phi) is 4.61. The molecule has 3 N–H and O–H groups in total. The minimum absolute atomic E-state index is 0.144. The van der Waals surface area contributed by atoms with Gasteiger partial charge in [-0.25, -0.2) is 0 Å². The van der Waals surface area contributed by atoms with Gasteiger partial charge in [-0.2, -0.15) is 0 Å². The normalized spacial score (nSPS) is 11.7. The summed E-state index contributed by atoms with van der Waals surface area (Å²) in [5.74, 6) is -0.144. The molecule has 7 nitrogen and oxygen atoms in total. The smallest absolute Gasteiger partial charge is 0.312 e. The molecule has 0 aliphatic carbocycles. The SMILES string of the molecule is COc1ccc(NC(=O)CC(C)N)cc1[N+](=O)[O-]. The van der Waals surface area contributed by atoms with Gasteiger partial charge in [-0.3, -0.25) is 14.9 Å². The Balaban J connectivity index is 2.88. The number of carbonyl (C=O) groups excluding carboxylic acids is 1. The van der Waals surface area contributed by atoms with E-state index in [0.29, 0.717) is 5.69 Å². The van der Waals surface area contributed by atoms with Crippen LogP contribution in [0.3, 0.4) is 0 Å². The lowest BCUT2D eigenvalue weighted by Crippen LogP contribution is -2.23. The molecule has 1 rings (SSSR count). The van der Waals surface area contributed by atoms with E-state index < -0.39 is 4.92 Å². The number of carbonyl (C=O) groups is 1. The van der Waals surface area contributed by atoms with Crippen molar-refractivity contribution in [2.45, 2.75) is 19.4 Å². The Morgan fingerprint density at radius 3 is 2.78 bits per heavy atom. The summed E-state index contributed by atoms with van der Waals surface area (Å²) in [4.78, 5) is 21.7. The molecular formula is C11H15N3O4. The van der Waals surface area contributed by atoms with Crippen LogP contribution in [0.2, 0.25) is 0 Å². The Morgan fingerprint density at radius 1 is 1.61 bits per heavy atom. The Bertz CT molecular complexity index is 460. The lowest BCUT2D eigenvalue weighted by atomic mass is 10.2. The number of benzene rings is 1. The predicted molar refractivity (Wildman–Crippen MR) is 66.5 cm³/mol. The molecule has 98 valence electrons. The van der Waals surface area contributed by atoms with Gasteiger partial charge in [0.2, 0.25) is 5.91 Å². The minimum Gasteiger partial charge on any atom is -0.490 e. The number of nitrogens with zero attached hydrogens (tertiary/aromatic N) is 1. The van der Waals surface area contributed by atoms with E-state index >= 15 is 0 Å². The summed E-state index contributed by atoms with van der Waals surface area (Å²) >= 11 is 0. The van der Waals surface area contributed by atoms with E-state index in [1.54, 1.807) is 6.92 Å². The van der Waals surface area contributed by atoms with Gasteiger partial charge in [-0.05, 0) is 19.1 Å². The van der Waals surface area contributed by atoms with E-state index in [-0.39, 0.29) is 29.8 Å². The van der Waals surface area contributed by atoms with Crippen molar-refractivity contribution in [1.82, 2.24) is 0 Å². The van der Waals surface area contributed by atoms with Crippen LogP contribution < -0.4 is 15.8 Å². The largest absolute Gasteiger partial charge is 0.490 e. The van der Waals surface area contributed by atoms with Crippen molar-refractivity contribution in [3.63, 3.8) is 0 Å². The Hall–Kier alpha value is -2.15. The number of nitrogens with two attached hydrogens (primary N) is 1. The van der Waals surface area contributed by atoms with E-state index in [1.165, 1.54) is 25.3 Å². The van der Waals surface area contributed by atoms with Crippen LogP contribution in [-0.2, 0) is 4.79 Å². The summed E-state index contributed by atoms with van der Waals surface area (Å²) in [6, 6.07) is 3.95. The van der Waals surface area contributed by atoms with E-state index in [1.807, 2.05) is 0 Å². The summed E-state index contributed by atoms with van der Waals surface area (Å²) in [6.45, 7) is 1.70. The fraction of sp³-hybridized carbons (Fsp3) is 0.364. The molecule has 0 saturated heterocycles. The first kappa shape index (κ1) is 13.9. The van der Waals surface area contributed by atoms with Crippen molar-refractivity contribution >= 4 is 17.3 Å². The summed E-state index contributed by atoms with van der Waals surface area (Å²) in [7, 11) is 1.34. The molecule has 0 saturated carbocycles. The number of nitro benzene ring substituents is 1. The molecule has 0 spiro atoms. The number of nitrogens with one attached hydrogen (secondary N) is 1. The van der Waals surface area contributed by atoms with Gasteiger partial charge in [0.15, 0.2) is 5.75 Å². The van der Waals surface area contributed by atoms with Crippen molar-refractivity contribution in [2.24, 2.45) is 5.73 Å². The van der Waals surface area contributed by atoms with Crippen LogP contribution in [0.5, 0.6) is 5.75 Å². The van der Waals surface area contributed by atoms with Crippen LogP contribution in [0.1, 0.15) is 13.3 Å². The third-order valence-electron chi connectivity index (χ3n) is 2.17. The van der Waals surface area contributed by atoms with Crippen LogP contribution in [0.25, 0.3) is 0 Å². The second kappa shape index (κ2) is 5.97. The standard InChI is InChI=1S/C11H15N3O4/c1-7(12)5-11(15)13-8-3-4-10(18-2)9(6-8)14(16)17/h3-4,6-7H,5,12H2,1-2H3,(H,13,15). The Morgan fingerprint density at radius 2 is 2.28 bits per heavy atom. The molecule has 0 aliphatic rings. The second-order valence-electron chi connectivity index (χ2n) is 3.87. The highest BCUT2D eigenvalue weighted by atomic mass is 16.6. The van der Waals surface area contributed by atoms with Gasteiger partial charge in [0.25, 0.3) is 0 Å². The molecule has 0 bridgehead atoms. The van der Waals surface area contributed by atoms with Gasteiger partial charge < -0.3 is 15.8 Å². The van der Waals surface area contributed by atoms with Crippen molar-refractivity contribution in [1.29, 1.82) is 0 Å². The summed E-state index contributed by atoms with van der Waals surface area (Å²) in [5.41, 5.74) is 5.62. The van der Waals surface area contributed by atoms with Crippen molar-refractivity contribution < 1.29 is 14.5 Å². The number of hydrogen-bond donors (Lipinski definition) is 2. The van der Waals surface area contributed by atoms with E-state index in [0.717, 1.165) is 0 Å². The molecule has 0 fully saturated rings. The molecule has 1 atom stereocenters. The van der Waals surface area contributed by atoms with Gasteiger partial charge in [0, 0.05) is 24.2 Å². The molecular weight excluding hydrogens is 238 g/mol. The number of amides is 1. The average Bonchev–Trinajstić information content (AvgIpc) is 2.27. The third-order valence-corrected chi connectivity index (χ3v) is 2.17. The van der Waals surface area contributed by atoms with E-state index in [9.17, 15) is 14.9 Å². The molecule has 1 aromatic rings. The highest BCUT2D eigenvalue weighted by molar-refractivity contribution is 5.91. The maximum Gasteiger partial charge on any atom is 0.312 e. The monoisotopic (exact) mass is 253 g/mol. The van der Waals surface area contributed by atoms with Gasteiger partial charge in [-0.1, -0.05) is 0 Å². The fourth-order valence-corrected chi connectivity index (χ4v) is 1.41. The van der Waals surface area contributed by atoms with Crippen molar-refractivity contribution in [3.05, 3.63) is 28.3 Å². The highest BCUT2D eigenvalue weighted by Crippen LogP contribution is 2.29. The Labute approximate surface area is 104 Å². The van der Waals surface area contributed by atoms with Gasteiger partial charge >= 0.3 is 5.69 Å². The molecule has 1 amide bonds. The zero-order valence-electron chi connectivity index (χ0n) is 10.2. The summed E-state index contributed by atoms with van der Waals surface area (Å²) in [6.07, 6.45) is 0.153. The lowest BCUT2D eigenvalue weighted by molar-refractivity contribution is -0.385. The van der Waals surface area contributed by atoms with Gasteiger partial charge in [-0.15, -0.1) is 0 Å². The number of anilines is 1. The maximum atomic E-state index is 11.5. The number of hydrogen-bond acceptors (Lipinski definition) is 5. The topological polar surface area (TPSA) is 107 Å². The number of rotatable bonds is 5. The van der Waals surface area contributed by atoms with Crippen LogP contribution in [0, 0.1) is 10.1 Å². The molecule has 0 aromatic heterocycles. The zero-order valence-corrected chi connectivity index (χ0v) is 10.2. The first-order valence-electron chi connectivity index (χ1n) is 5.32. The van der Waals surface area contributed by atoms with Crippen LogP contribution in [0.15, 0.2) is 18.2 Å². The first-order chi connectivity index (χ1) is 8.43. The zero-order chi connectivity index (χ0) is 13.7. The fourth-order valence-electron chi connectivity index (χ4n) is 1.41. The van der Waals surface area contributed by atoms with Crippen LogP contribution in [0.4, 0.5) is 11.4 Å². The molecule has 1 unspecified atom stereocenters. The molecule has 7 heteroatoms. The van der Waals surface area contributed by atoms with Crippen LogP contribution in [-0.4, -0.2) is 24.0 Å². The number of methoxy groups -OCH3 is 1. The molecule has 1 aromatic carbocycles. The molecule has 18 heavy (non-hydrogen) atoms.